The molecule has 3 aromatic rings. The largest absolute Gasteiger partial charge is 0.452 e. The van der Waals surface area contributed by atoms with E-state index in [2.05, 4.69) is 10.5 Å². The summed E-state index contributed by atoms with van der Waals surface area (Å²) in [5.74, 6) is -2.48. The van der Waals surface area contributed by atoms with Gasteiger partial charge in [-0.2, -0.15) is 0 Å². The van der Waals surface area contributed by atoms with Crippen LogP contribution in [0.1, 0.15) is 27.2 Å². The van der Waals surface area contributed by atoms with Crippen LogP contribution in [0.25, 0.3) is 11.3 Å². The van der Waals surface area contributed by atoms with Crippen molar-refractivity contribution in [3.63, 3.8) is 0 Å². The molecule has 0 spiro atoms. The van der Waals surface area contributed by atoms with Crippen molar-refractivity contribution < 1.29 is 28.2 Å². The molecule has 166 valence electrons. The Morgan fingerprint density at radius 2 is 1.97 bits per heavy atom. The zero-order chi connectivity index (χ0) is 23.6. The van der Waals surface area contributed by atoms with E-state index in [1.165, 1.54) is 25.1 Å². The molecule has 1 heterocycles. The van der Waals surface area contributed by atoms with Gasteiger partial charge in [0.15, 0.2) is 6.61 Å². The average Bonchev–Trinajstić information content (AvgIpc) is 3.10. The van der Waals surface area contributed by atoms with Crippen LogP contribution in [0.3, 0.4) is 0 Å². The fourth-order valence-electron chi connectivity index (χ4n) is 3.00. The molecule has 0 bridgehead atoms. The summed E-state index contributed by atoms with van der Waals surface area (Å²) in [6.07, 6.45) is 0. The number of nitro groups is 1. The third-order valence-corrected chi connectivity index (χ3v) is 5.09. The van der Waals surface area contributed by atoms with Crippen molar-refractivity contribution in [2.24, 2.45) is 0 Å². The number of carbonyl (C=O) groups is 2. The molecule has 1 N–H and O–H groups in total. The van der Waals surface area contributed by atoms with Crippen LogP contribution in [-0.2, 0) is 9.53 Å². The van der Waals surface area contributed by atoms with Gasteiger partial charge in [0.2, 0.25) is 0 Å². The lowest BCUT2D eigenvalue weighted by molar-refractivity contribution is -0.384. The van der Waals surface area contributed by atoms with Gasteiger partial charge in [-0.15, -0.1) is 0 Å². The Hall–Kier alpha value is -3.79. The number of nitrogens with one attached hydrogen (secondary N) is 1. The molecule has 0 radical (unpaired) electrons. The molecule has 0 saturated carbocycles. The lowest BCUT2D eigenvalue weighted by atomic mass is 10.1. The minimum atomic E-state index is -0.997. The summed E-state index contributed by atoms with van der Waals surface area (Å²) >= 11 is 6.04. The van der Waals surface area contributed by atoms with Gasteiger partial charge in [-0.25, -0.2) is 9.18 Å². The number of halogens is 2. The summed E-state index contributed by atoms with van der Waals surface area (Å²) in [7, 11) is 0. The molecular formula is C21H17ClFN3O6. The van der Waals surface area contributed by atoms with Crippen LogP contribution in [0.15, 0.2) is 34.9 Å². The van der Waals surface area contributed by atoms with Crippen LogP contribution in [0.4, 0.5) is 15.8 Å². The topological polar surface area (TPSA) is 125 Å². The average molecular weight is 462 g/mol. The molecule has 1 aromatic heterocycles. The number of hydrogen-bond donors (Lipinski definition) is 1. The van der Waals surface area contributed by atoms with E-state index in [0.717, 1.165) is 11.6 Å². The molecule has 11 heteroatoms. The Bertz CT molecular complexity index is 1220. The van der Waals surface area contributed by atoms with Crippen LogP contribution < -0.4 is 5.32 Å². The molecule has 0 aliphatic rings. The Morgan fingerprint density at radius 3 is 2.62 bits per heavy atom. The number of hydrogen-bond acceptors (Lipinski definition) is 7. The van der Waals surface area contributed by atoms with Gasteiger partial charge in [-0.3, -0.25) is 14.9 Å². The SMILES string of the molecule is Cc1ccc([N+](=O)[O-])c(NC(=O)COC(=O)c2c(-c3c(F)cccc3Cl)noc2C)c1C. The number of benzene rings is 2. The van der Waals surface area contributed by atoms with E-state index in [1.807, 2.05) is 0 Å². The fraction of sp³-hybridized carbons (Fsp3) is 0.190. The zero-order valence-electron chi connectivity index (χ0n) is 17.2. The smallest absolute Gasteiger partial charge is 0.344 e. The number of carbonyl (C=O) groups excluding carboxylic acids is 2. The van der Waals surface area contributed by atoms with Gasteiger partial charge < -0.3 is 14.6 Å². The van der Waals surface area contributed by atoms with Crippen LogP contribution in [0.5, 0.6) is 0 Å². The number of nitro benzene ring substituents is 1. The number of rotatable bonds is 6. The maximum atomic E-state index is 14.3. The highest BCUT2D eigenvalue weighted by Gasteiger charge is 2.27. The number of ether oxygens (including phenoxy) is 1. The highest BCUT2D eigenvalue weighted by Crippen LogP contribution is 2.34. The highest BCUT2D eigenvalue weighted by atomic mass is 35.5. The molecule has 3 rings (SSSR count). The lowest BCUT2D eigenvalue weighted by Gasteiger charge is -2.11. The number of aromatic nitrogens is 1. The fourth-order valence-corrected chi connectivity index (χ4v) is 3.25. The summed E-state index contributed by atoms with van der Waals surface area (Å²) < 4.78 is 24.3. The molecule has 0 aliphatic heterocycles. The second-order valence-corrected chi connectivity index (χ2v) is 7.25. The third-order valence-electron chi connectivity index (χ3n) is 4.78. The quantitative estimate of drug-likeness (QED) is 0.318. The van der Waals surface area contributed by atoms with E-state index in [1.54, 1.807) is 19.9 Å². The maximum absolute atomic E-state index is 14.3. The third kappa shape index (κ3) is 4.45. The lowest BCUT2D eigenvalue weighted by Crippen LogP contribution is -2.22. The molecule has 9 nitrogen and oxygen atoms in total. The molecule has 0 unspecified atom stereocenters. The minimum absolute atomic E-state index is 0.00678. The van der Waals surface area contributed by atoms with Crippen LogP contribution in [0.2, 0.25) is 5.02 Å². The molecule has 0 fully saturated rings. The van der Waals surface area contributed by atoms with Gasteiger partial charge in [-0.1, -0.05) is 28.9 Å². The predicted molar refractivity (Wildman–Crippen MR) is 113 cm³/mol. The van der Waals surface area contributed by atoms with Gasteiger partial charge in [0.1, 0.15) is 28.5 Å². The van der Waals surface area contributed by atoms with E-state index in [9.17, 15) is 24.1 Å². The van der Waals surface area contributed by atoms with Crippen molar-refractivity contribution in [2.75, 3.05) is 11.9 Å². The standard InChI is InChI=1S/C21H17ClFN3O6/c1-10-7-8-15(26(29)30)19(11(10)2)24-16(27)9-31-21(28)17-12(3)32-25-20(17)18-13(22)5-4-6-14(18)23/h4-8H,9H2,1-3H3,(H,24,27). The second-order valence-electron chi connectivity index (χ2n) is 6.84. The number of esters is 1. The monoisotopic (exact) mass is 461 g/mol. The first kappa shape index (κ1) is 22.9. The van der Waals surface area contributed by atoms with Gasteiger partial charge in [0.25, 0.3) is 11.6 Å². The van der Waals surface area contributed by atoms with Crippen molar-refractivity contribution in [3.8, 4) is 11.3 Å². The van der Waals surface area contributed by atoms with Crippen molar-refractivity contribution in [1.82, 2.24) is 5.16 Å². The molecule has 1 amide bonds. The Kier molecular flexibility index (Phi) is 6.54. The van der Waals surface area contributed by atoms with Gasteiger partial charge in [-0.05, 0) is 44.0 Å². The number of nitrogens with zero attached hydrogens (tertiary/aromatic N) is 2. The van der Waals surface area contributed by atoms with E-state index in [4.69, 9.17) is 20.9 Å². The van der Waals surface area contributed by atoms with E-state index < -0.39 is 29.2 Å². The summed E-state index contributed by atoms with van der Waals surface area (Å²) in [6.45, 7) is 4.02. The maximum Gasteiger partial charge on any atom is 0.344 e. The van der Waals surface area contributed by atoms with Crippen molar-refractivity contribution in [2.45, 2.75) is 20.8 Å². The minimum Gasteiger partial charge on any atom is -0.452 e. The first-order chi connectivity index (χ1) is 15.1. The van der Waals surface area contributed by atoms with E-state index in [-0.39, 0.29) is 39.0 Å². The van der Waals surface area contributed by atoms with Crippen molar-refractivity contribution in [1.29, 1.82) is 0 Å². The van der Waals surface area contributed by atoms with Crippen molar-refractivity contribution in [3.05, 3.63) is 73.7 Å². The highest BCUT2D eigenvalue weighted by molar-refractivity contribution is 6.33. The molecule has 0 saturated heterocycles. The number of amides is 1. The Labute approximate surface area is 186 Å². The molecule has 2 aromatic carbocycles. The molecule has 32 heavy (non-hydrogen) atoms. The first-order valence-corrected chi connectivity index (χ1v) is 9.61. The van der Waals surface area contributed by atoms with Gasteiger partial charge in [0.05, 0.1) is 15.5 Å². The second kappa shape index (κ2) is 9.15. The molecule has 0 atom stereocenters. The Balaban J connectivity index is 1.80. The van der Waals surface area contributed by atoms with Gasteiger partial charge in [0, 0.05) is 6.07 Å². The number of anilines is 1. The predicted octanol–water partition coefficient (Wildman–Crippen LogP) is 4.76. The summed E-state index contributed by atoms with van der Waals surface area (Å²) in [5.41, 5.74) is 0.451. The normalized spacial score (nSPS) is 10.7. The van der Waals surface area contributed by atoms with Gasteiger partial charge >= 0.3 is 5.97 Å². The Morgan fingerprint density at radius 1 is 1.25 bits per heavy atom. The van der Waals surface area contributed by atoms with E-state index in [0.29, 0.717) is 5.56 Å². The van der Waals surface area contributed by atoms with Crippen molar-refractivity contribution >= 4 is 34.9 Å². The summed E-state index contributed by atoms with van der Waals surface area (Å²) in [4.78, 5) is 35.6. The zero-order valence-corrected chi connectivity index (χ0v) is 17.9. The number of aryl methyl sites for hydroxylation is 2. The molecular weight excluding hydrogens is 445 g/mol. The molecule has 0 aliphatic carbocycles. The van der Waals surface area contributed by atoms with Crippen LogP contribution in [-0.4, -0.2) is 28.6 Å². The summed E-state index contributed by atoms with van der Waals surface area (Å²) in [6, 6.07) is 6.79. The van der Waals surface area contributed by atoms with Crippen LogP contribution in [0, 0.1) is 36.7 Å². The van der Waals surface area contributed by atoms with E-state index >= 15 is 0 Å². The van der Waals surface area contributed by atoms with Crippen LogP contribution >= 0.6 is 11.6 Å². The summed E-state index contributed by atoms with van der Waals surface area (Å²) in [5, 5.41) is 17.4. The first-order valence-electron chi connectivity index (χ1n) is 9.24.